The van der Waals surface area contributed by atoms with Crippen LogP contribution in [0.3, 0.4) is 0 Å². The molecule has 1 heterocycles. The van der Waals surface area contributed by atoms with Crippen molar-refractivity contribution in [3.8, 4) is 0 Å². The van der Waals surface area contributed by atoms with E-state index in [4.69, 9.17) is 14.2 Å². The Hall–Kier alpha value is -2.24. The molecule has 0 aliphatic carbocycles. The Morgan fingerprint density at radius 3 is 2.52 bits per heavy atom. The average molecular weight is 384 g/mol. The Balaban J connectivity index is 1.80. The maximum absolute atomic E-state index is 12.0. The molecule has 2 rings (SSSR count). The van der Waals surface area contributed by atoms with E-state index in [9.17, 15) is 24.9 Å². The van der Waals surface area contributed by atoms with Gasteiger partial charge in [-0.05, 0) is 5.56 Å². The number of hydrogen-bond donors (Lipinski definition) is 5. The molecule has 0 aromatic heterocycles. The highest BCUT2D eigenvalue weighted by Gasteiger charge is 2.45. The van der Waals surface area contributed by atoms with Gasteiger partial charge in [-0.3, -0.25) is 4.79 Å². The van der Waals surface area contributed by atoms with Crippen LogP contribution >= 0.6 is 0 Å². The van der Waals surface area contributed by atoms with Crippen LogP contribution in [0.5, 0.6) is 0 Å². The normalized spacial score (nSPS) is 27.6. The number of ether oxygens (including phenoxy) is 3. The quantitative estimate of drug-likeness (QED) is 0.381. The summed E-state index contributed by atoms with van der Waals surface area (Å²) in [6, 6.07) is 7.89. The molecule has 1 fully saturated rings. The van der Waals surface area contributed by atoms with Crippen LogP contribution in [0, 0.1) is 0 Å². The van der Waals surface area contributed by atoms with Crippen LogP contribution in [-0.4, -0.2) is 78.2 Å². The van der Waals surface area contributed by atoms with E-state index in [0.717, 1.165) is 5.56 Å². The van der Waals surface area contributed by atoms with Crippen molar-refractivity contribution in [3.63, 3.8) is 0 Å². The summed E-state index contributed by atoms with van der Waals surface area (Å²) in [7, 11) is 1.28. The number of benzene rings is 1. The molecule has 0 bridgehead atoms. The SMILES string of the molecule is CO[C@@H]1O[C@@H](CO)[C@@H](O)[C@@H](NC(=O)CNC(=O)OCc2ccccc2)[C@@H]1O. The summed E-state index contributed by atoms with van der Waals surface area (Å²) in [4.78, 5) is 23.7. The highest BCUT2D eigenvalue weighted by atomic mass is 16.7. The lowest BCUT2D eigenvalue weighted by Gasteiger charge is -2.41. The minimum Gasteiger partial charge on any atom is -0.445 e. The number of carbonyl (C=O) groups is 2. The lowest BCUT2D eigenvalue weighted by molar-refractivity contribution is -0.271. The predicted octanol–water partition coefficient (Wildman–Crippen LogP) is -1.52. The van der Waals surface area contributed by atoms with Crippen molar-refractivity contribution < 1.29 is 39.1 Å². The molecular weight excluding hydrogens is 360 g/mol. The third kappa shape index (κ3) is 5.88. The fourth-order valence-electron chi connectivity index (χ4n) is 2.62. The van der Waals surface area contributed by atoms with Crippen LogP contribution in [0.2, 0.25) is 0 Å². The molecule has 0 saturated carbocycles. The van der Waals surface area contributed by atoms with Crippen molar-refractivity contribution >= 4 is 12.0 Å². The standard InChI is InChI=1S/C17H24N2O8/c1-25-16-15(23)13(14(22)11(8-20)27-16)19-12(21)7-18-17(24)26-9-10-5-3-2-4-6-10/h2-6,11,13-16,20,22-23H,7-9H2,1H3,(H,18,24)(H,19,21)/t11-,13+,14+,15-,16+/m0/s1. The van der Waals surface area contributed by atoms with E-state index in [1.807, 2.05) is 18.2 Å². The second kappa shape index (κ2) is 10.2. The van der Waals surface area contributed by atoms with E-state index < -0.39 is 55.8 Å². The summed E-state index contributed by atoms with van der Waals surface area (Å²) in [6.07, 6.45) is -5.66. The third-order valence-corrected chi connectivity index (χ3v) is 4.05. The lowest BCUT2D eigenvalue weighted by Crippen LogP contribution is -2.65. The average Bonchev–Trinajstić information content (AvgIpc) is 2.69. The van der Waals surface area contributed by atoms with Crippen molar-refractivity contribution in [1.29, 1.82) is 0 Å². The van der Waals surface area contributed by atoms with Crippen molar-refractivity contribution in [2.45, 2.75) is 37.3 Å². The van der Waals surface area contributed by atoms with E-state index >= 15 is 0 Å². The third-order valence-electron chi connectivity index (χ3n) is 4.05. The fourth-order valence-corrected chi connectivity index (χ4v) is 2.62. The van der Waals surface area contributed by atoms with Gasteiger partial charge in [0.2, 0.25) is 5.91 Å². The zero-order chi connectivity index (χ0) is 19.8. The Kier molecular flexibility index (Phi) is 7.95. The summed E-state index contributed by atoms with van der Waals surface area (Å²) in [6.45, 7) is -0.893. The fraction of sp³-hybridized carbons (Fsp3) is 0.529. The highest BCUT2D eigenvalue weighted by molar-refractivity contribution is 5.82. The molecule has 1 aromatic rings. The molecule has 2 amide bonds. The number of aliphatic hydroxyl groups excluding tert-OH is 3. The number of aliphatic hydroxyl groups is 3. The monoisotopic (exact) mass is 384 g/mol. The Bertz CT molecular complexity index is 598. The molecule has 0 unspecified atom stereocenters. The van der Waals surface area contributed by atoms with Crippen molar-refractivity contribution in [1.82, 2.24) is 10.6 Å². The van der Waals surface area contributed by atoms with Gasteiger partial charge in [0.15, 0.2) is 6.29 Å². The highest BCUT2D eigenvalue weighted by Crippen LogP contribution is 2.21. The smallest absolute Gasteiger partial charge is 0.407 e. The van der Waals surface area contributed by atoms with E-state index in [0.29, 0.717) is 0 Å². The molecule has 1 saturated heterocycles. The summed E-state index contributed by atoms with van der Waals surface area (Å²) in [5.41, 5.74) is 0.797. The van der Waals surface area contributed by atoms with Gasteiger partial charge in [-0.2, -0.15) is 0 Å². The molecule has 1 aliphatic heterocycles. The summed E-state index contributed by atoms with van der Waals surface area (Å²) in [5.74, 6) is -0.664. The van der Waals surface area contributed by atoms with Gasteiger partial charge in [0.1, 0.15) is 31.5 Å². The van der Waals surface area contributed by atoms with Crippen LogP contribution in [0.4, 0.5) is 4.79 Å². The van der Waals surface area contributed by atoms with Gasteiger partial charge in [0.05, 0.1) is 12.6 Å². The predicted molar refractivity (Wildman–Crippen MR) is 91.3 cm³/mol. The van der Waals surface area contributed by atoms with E-state index in [-0.39, 0.29) is 6.61 Å². The van der Waals surface area contributed by atoms with Crippen molar-refractivity contribution in [2.75, 3.05) is 20.3 Å². The van der Waals surface area contributed by atoms with Crippen molar-refractivity contribution in [2.24, 2.45) is 0 Å². The van der Waals surface area contributed by atoms with Gasteiger partial charge in [-0.15, -0.1) is 0 Å². The molecule has 0 spiro atoms. The van der Waals surface area contributed by atoms with Gasteiger partial charge in [0, 0.05) is 7.11 Å². The van der Waals surface area contributed by atoms with Gasteiger partial charge in [0.25, 0.3) is 0 Å². The van der Waals surface area contributed by atoms with E-state index in [2.05, 4.69) is 10.6 Å². The number of methoxy groups -OCH3 is 1. The minimum absolute atomic E-state index is 0.0549. The van der Waals surface area contributed by atoms with Crippen LogP contribution in [0.25, 0.3) is 0 Å². The largest absolute Gasteiger partial charge is 0.445 e. The molecule has 5 atom stereocenters. The molecule has 1 aliphatic rings. The second-order valence-corrected chi connectivity index (χ2v) is 5.95. The molecule has 10 heteroatoms. The van der Waals surface area contributed by atoms with Crippen LogP contribution in [-0.2, 0) is 25.6 Å². The van der Waals surface area contributed by atoms with Crippen LogP contribution in [0.1, 0.15) is 5.56 Å². The first kappa shape index (κ1) is 21.1. The number of rotatable bonds is 7. The van der Waals surface area contributed by atoms with Crippen LogP contribution < -0.4 is 10.6 Å². The minimum atomic E-state index is -1.36. The summed E-state index contributed by atoms with van der Waals surface area (Å²) >= 11 is 0. The zero-order valence-corrected chi connectivity index (χ0v) is 14.8. The first-order valence-electron chi connectivity index (χ1n) is 8.35. The maximum Gasteiger partial charge on any atom is 0.407 e. The van der Waals surface area contributed by atoms with Gasteiger partial charge >= 0.3 is 6.09 Å². The second-order valence-electron chi connectivity index (χ2n) is 5.95. The molecule has 27 heavy (non-hydrogen) atoms. The summed E-state index contributed by atoms with van der Waals surface area (Å²) < 4.78 is 15.1. The van der Waals surface area contributed by atoms with E-state index in [1.165, 1.54) is 7.11 Å². The number of carbonyl (C=O) groups excluding carboxylic acids is 2. The Labute approximate surface area is 156 Å². The molecule has 10 nitrogen and oxygen atoms in total. The molecule has 1 aromatic carbocycles. The Morgan fingerprint density at radius 2 is 1.89 bits per heavy atom. The maximum atomic E-state index is 12.0. The molecule has 5 N–H and O–H groups in total. The van der Waals surface area contributed by atoms with Crippen molar-refractivity contribution in [3.05, 3.63) is 35.9 Å². The van der Waals surface area contributed by atoms with Gasteiger partial charge in [-0.25, -0.2) is 4.79 Å². The molecule has 0 radical (unpaired) electrons. The van der Waals surface area contributed by atoms with E-state index in [1.54, 1.807) is 12.1 Å². The number of hydrogen-bond acceptors (Lipinski definition) is 8. The number of nitrogens with one attached hydrogen (secondary N) is 2. The Morgan fingerprint density at radius 1 is 1.19 bits per heavy atom. The van der Waals surface area contributed by atoms with Gasteiger partial charge < -0.3 is 40.2 Å². The molecular formula is C17H24N2O8. The number of amides is 2. The summed E-state index contributed by atoms with van der Waals surface area (Å²) in [5, 5.41) is 34.2. The van der Waals surface area contributed by atoms with Gasteiger partial charge in [-0.1, -0.05) is 30.3 Å². The first-order valence-corrected chi connectivity index (χ1v) is 8.35. The topological polar surface area (TPSA) is 147 Å². The first-order chi connectivity index (χ1) is 13.0. The molecule has 150 valence electrons. The lowest BCUT2D eigenvalue weighted by atomic mass is 9.96. The zero-order valence-electron chi connectivity index (χ0n) is 14.8. The van der Waals surface area contributed by atoms with Crippen LogP contribution in [0.15, 0.2) is 30.3 Å². The number of alkyl carbamates (subject to hydrolysis) is 1.